The fourth-order valence-corrected chi connectivity index (χ4v) is 3.17. The average molecular weight is 166 g/mol. The largest absolute Gasteiger partial charge is 0.0654 e. The van der Waals surface area contributed by atoms with E-state index in [1.807, 2.05) is 0 Å². The van der Waals surface area contributed by atoms with Crippen LogP contribution in [0.15, 0.2) is 0 Å². The number of hydrogen-bond donors (Lipinski definition) is 0. The Labute approximate surface area is 76.7 Å². The molecule has 0 N–H and O–H groups in total. The molecule has 1 spiro atoms. The minimum absolute atomic E-state index is 0.917. The summed E-state index contributed by atoms with van der Waals surface area (Å²) < 4.78 is 0. The highest BCUT2D eigenvalue weighted by Crippen LogP contribution is 2.77. The normalized spacial score (nSPS) is 44.0. The Bertz CT molecular complexity index is 171. The molecule has 0 nitrogen and oxygen atoms in total. The Kier molecular flexibility index (Phi) is 1.97. The van der Waals surface area contributed by atoms with Gasteiger partial charge in [0, 0.05) is 0 Å². The molecule has 70 valence electrons. The number of rotatable bonds is 4. The first-order valence-corrected chi connectivity index (χ1v) is 5.69. The van der Waals surface area contributed by atoms with Gasteiger partial charge in [0.2, 0.25) is 0 Å². The van der Waals surface area contributed by atoms with Crippen LogP contribution in [0.2, 0.25) is 0 Å². The van der Waals surface area contributed by atoms with E-state index in [9.17, 15) is 0 Å². The van der Waals surface area contributed by atoms with E-state index in [0.29, 0.717) is 0 Å². The molecule has 0 amide bonds. The second-order valence-corrected chi connectivity index (χ2v) is 5.45. The summed E-state index contributed by atoms with van der Waals surface area (Å²) in [6.07, 6.45) is 7.57. The minimum Gasteiger partial charge on any atom is -0.0654 e. The molecule has 0 aliphatic heterocycles. The van der Waals surface area contributed by atoms with E-state index in [1.54, 1.807) is 12.8 Å². The van der Waals surface area contributed by atoms with Gasteiger partial charge in [0.1, 0.15) is 0 Å². The van der Waals surface area contributed by atoms with Gasteiger partial charge >= 0.3 is 0 Å². The van der Waals surface area contributed by atoms with E-state index in [2.05, 4.69) is 20.8 Å². The van der Waals surface area contributed by atoms with Crippen molar-refractivity contribution in [2.45, 2.75) is 52.9 Å². The van der Waals surface area contributed by atoms with Crippen molar-refractivity contribution in [3.8, 4) is 0 Å². The zero-order valence-electron chi connectivity index (χ0n) is 8.77. The van der Waals surface area contributed by atoms with Gasteiger partial charge in [-0.05, 0) is 42.4 Å². The van der Waals surface area contributed by atoms with E-state index in [-0.39, 0.29) is 0 Å². The molecule has 2 aliphatic rings. The van der Waals surface area contributed by atoms with Gasteiger partial charge in [-0.15, -0.1) is 0 Å². The Morgan fingerprint density at radius 2 is 1.92 bits per heavy atom. The molecule has 0 heterocycles. The maximum atomic E-state index is 2.36. The topological polar surface area (TPSA) is 0 Å². The summed E-state index contributed by atoms with van der Waals surface area (Å²) in [6, 6.07) is 0. The molecular formula is C12H22. The van der Waals surface area contributed by atoms with Crippen LogP contribution in [0.4, 0.5) is 0 Å². The second-order valence-electron chi connectivity index (χ2n) is 5.45. The Morgan fingerprint density at radius 1 is 1.25 bits per heavy atom. The molecule has 0 heteroatoms. The lowest BCUT2D eigenvalue weighted by atomic mass is 10.0. The lowest BCUT2D eigenvalue weighted by Gasteiger charge is -2.02. The SMILES string of the molecule is CCCC1CC12CC2CC(C)C. The third-order valence-corrected chi connectivity index (χ3v) is 3.95. The Balaban J connectivity index is 1.74. The Morgan fingerprint density at radius 3 is 2.50 bits per heavy atom. The zero-order valence-corrected chi connectivity index (χ0v) is 8.77. The van der Waals surface area contributed by atoms with E-state index >= 15 is 0 Å². The van der Waals surface area contributed by atoms with Crippen molar-refractivity contribution in [3.05, 3.63) is 0 Å². The average Bonchev–Trinajstić information content (AvgIpc) is 2.78. The predicted octanol–water partition coefficient (Wildman–Crippen LogP) is 3.86. The molecule has 0 aromatic heterocycles. The van der Waals surface area contributed by atoms with Gasteiger partial charge in [-0.3, -0.25) is 0 Å². The third kappa shape index (κ3) is 1.30. The first-order chi connectivity index (χ1) is 5.69. The molecule has 3 unspecified atom stereocenters. The lowest BCUT2D eigenvalue weighted by molar-refractivity contribution is 0.486. The van der Waals surface area contributed by atoms with E-state index in [4.69, 9.17) is 0 Å². The highest BCUT2D eigenvalue weighted by Gasteiger charge is 2.68. The predicted molar refractivity (Wildman–Crippen MR) is 53.0 cm³/mol. The van der Waals surface area contributed by atoms with Crippen molar-refractivity contribution < 1.29 is 0 Å². The lowest BCUT2D eigenvalue weighted by Crippen LogP contribution is -1.92. The van der Waals surface area contributed by atoms with Crippen LogP contribution in [0.3, 0.4) is 0 Å². The molecule has 0 saturated heterocycles. The van der Waals surface area contributed by atoms with Crippen LogP contribution in [0, 0.1) is 23.2 Å². The summed E-state index contributed by atoms with van der Waals surface area (Å²) in [5, 5.41) is 0. The van der Waals surface area contributed by atoms with E-state index < -0.39 is 0 Å². The first-order valence-electron chi connectivity index (χ1n) is 5.69. The molecule has 2 fully saturated rings. The minimum atomic E-state index is 0.917. The molecular weight excluding hydrogens is 144 g/mol. The zero-order chi connectivity index (χ0) is 8.77. The van der Waals surface area contributed by atoms with Crippen LogP contribution in [0.5, 0.6) is 0 Å². The standard InChI is InChI=1S/C12H22/c1-4-5-10-7-12(10)8-11(12)6-9(2)3/h9-11H,4-8H2,1-3H3. The highest BCUT2D eigenvalue weighted by atomic mass is 14.7. The van der Waals surface area contributed by atoms with Crippen molar-refractivity contribution in [2.75, 3.05) is 0 Å². The van der Waals surface area contributed by atoms with Crippen molar-refractivity contribution in [1.29, 1.82) is 0 Å². The van der Waals surface area contributed by atoms with Gasteiger partial charge in [0.15, 0.2) is 0 Å². The first kappa shape index (κ1) is 8.59. The van der Waals surface area contributed by atoms with Gasteiger partial charge < -0.3 is 0 Å². The molecule has 2 saturated carbocycles. The van der Waals surface area contributed by atoms with E-state index in [0.717, 1.165) is 23.2 Å². The molecule has 12 heavy (non-hydrogen) atoms. The second kappa shape index (κ2) is 2.75. The molecule has 0 bridgehead atoms. The van der Waals surface area contributed by atoms with Crippen LogP contribution in [0.25, 0.3) is 0 Å². The van der Waals surface area contributed by atoms with Gasteiger partial charge in [-0.25, -0.2) is 0 Å². The summed E-state index contributed by atoms with van der Waals surface area (Å²) in [5.74, 6) is 3.21. The third-order valence-electron chi connectivity index (χ3n) is 3.95. The fraction of sp³-hybridized carbons (Fsp3) is 1.00. The highest BCUT2D eigenvalue weighted by molar-refractivity contribution is 5.17. The molecule has 2 rings (SSSR count). The molecule has 2 aliphatic carbocycles. The molecule has 0 radical (unpaired) electrons. The monoisotopic (exact) mass is 166 g/mol. The van der Waals surface area contributed by atoms with Crippen molar-refractivity contribution >= 4 is 0 Å². The van der Waals surface area contributed by atoms with Gasteiger partial charge in [-0.1, -0.05) is 33.6 Å². The maximum absolute atomic E-state index is 2.36. The van der Waals surface area contributed by atoms with Crippen molar-refractivity contribution in [2.24, 2.45) is 23.2 Å². The summed E-state index contributed by atoms with van der Waals surface area (Å²) in [5.41, 5.74) is 0.917. The summed E-state index contributed by atoms with van der Waals surface area (Å²) in [6.45, 7) is 7.05. The Hall–Kier alpha value is 0. The van der Waals surface area contributed by atoms with Crippen LogP contribution in [-0.2, 0) is 0 Å². The maximum Gasteiger partial charge on any atom is -0.0235 e. The number of hydrogen-bond acceptors (Lipinski definition) is 0. The van der Waals surface area contributed by atoms with Crippen molar-refractivity contribution in [3.63, 3.8) is 0 Å². The summed E-state index contributed by atoms with van der Waals surface area (Å²) >= 11 is 0. The smallest absolute Gasteiger partial charge is 0.0235 e. The van der Waals surface area contributed by atoms with Gasteiger partial charge in [0.05, 0.1) is 0 Å². The molecule has 0 aromatic rings. The van der Waals surface area contributed by atoms with E-state index in [1.165, 1.54) is 19.3 Å². The van der Waals surface area contributed by atoms with Crippen molar-refractivity contribution in [1.82, 2.24) is 0 Å². The molecule has 3 atom stereocenters. The quantitative estimate of drug-likeness (QED) is 0.595. The van der Waals surface area contributed by atoms with Gasteiger partial charge in [0.25, 0.3) is 0 Å². The molecule has 0 aromatic carbocycles. The van der Waals surface area contributed by atoms with Gasteiger partial charge in [-0.2, -0.15) is 0 Å². The van der Waals surface area contributed by atoms with Crippen LogP contribution in [-0.4, -0.2) is 0 Å². The van der Waals surface area contributed by atoms with Crippen LogP contribution < -0.4 is 0 Å². The summed E-state index contributed by atoms with van der Waals surface area (Å²) in [4.78, 5) is 0. The van der Waals surface area contributed by atoms with Crippen LogP contribution in [0.1, 0.15) is 52.9 Å². The fourth-order valence-electron chi connectivity index (χ4n) is 3.17. The summed E-state index contributed by atoms with van der Waals surface area (Å²) in [7, 11) is 0. The van der Waals surface area contributed by atoms with Crippen LogP contribution >= 0.6 is 0 Å².